The van der Waals surface area contributed by atoms with Crippen LogP contribution in [0.25, 0.3) is 0 Å². The molecule has 0 aliphatic heterocycles. The van der Waals surface area contributed by atoms with Gasteiger partial charge in [-0.3, -0.25) is 9.69 Å². The predicted octanol–water partition coefficient (Wildman–Crippen LogP) is 2.61. The molecule has 90 valence electrons. The number of nitrogens with zero attached hydrogens (tertiary/aromatic N) is 1. The van der Waals surface area contributed by atoms with E-state index in [9.17, 15) is 9.90 Å². The number of aliphatic carboxylic acids is 1. The van der Waals surface area contributed by atoms with Gasteiger partial charge in [0.15, 0.2) is 0 Å². The molecule has 0 rings (SSSR count). The van der Waals surface area contributed by atoms with Gasteiger partial charge in [-0.05, 0) is 38.8 Å². The van der Waals surface area contributed by atoms with Gasteiger partial charge in [-0.15, -0.1) is 0 Å². The third-order valence-electron chi connectivity index (χ3n) is 2.84. The van der Waals surface area contributed by atoms with Crippen LogP contribution in [-0.4, -0.2) is 34.6 Å². The first-order valence-corrected chi connectivity index (χ1v) is 5.86. The number of carboxylic acid groups (broad SMARTS) is 1. The van der Waals surface area contributed by atoms with E-state index in [1.165, 1.54) is 0 Å². The van der Waals surface area contributed by atoms with E-state index >= 15 is 0 Å². The molecule has 0 radical (unpaired) electrons. The summed E-state index contributed by atoms with van der Waals surface area (Å²) in [5, 5.41) is 9.37. The fourth-order valence-corrected chi connectivity index (χ4v) is 2.17. The van der Waals surface area contributed by atoms with Crippen molar-refractivity contribution in [2.75, 3.05) is 13.1 Å². The van der Waals surface area contributed by atoms with Gasteiger partial charge >= 0.3 is 5.97 Å². The summed E-state index contributed by atoms with van der Waals surface area (Å²) in [5.41, 5.74) is -0.709. The monoisotopic (exact) mass is 215 g/mol. The highest BCUT2D eigenvalue weighted by molar-refractivity contribution is 5.78. The Morgan fingerprint density at radius 2 is 1.93 bits per heavy atom. The molecule has 1 atom stereocenters. The van der Waals surface area contributed by atoms with Gasteiger partial charge in [0, 0.05) is 0 Å². The van der Waals surface area contributed by atoms with E-state index in [2.05, 4.69) is 25.7 Å². The van der Waals surface area contributed by atoms with Crippen LogP contribution in [0.4, 0.5) is 0 Å². The number of carboxylic acids is 1. The summed E-state index contributed by atoms with van der Waals surface area (Å²) in [4.78, 5) is 13.5. The maximum atomic E-state index is 11.4. The Morgan fingerprint density at radius 1 is 1.40 bits per heavy atom. The van der Waals surface area contributed by atoms with Crippen molar-refractivity contribution < 1.29 is 9.90 Å². The normalized spacial score (nSPS) is 15.7. The molecule has 0 aromatic heterocycles. The van der Waals surface area contributed by atoms with E-state index < -0.39 is 11.5 Å². The number of carbonyl (C=O) groups is 1. The average Bonchev–Trinajstić information content (AvgIpc) is 2.12. The molecule has 0 spiro atoms. The zero-order valence-corrected chi connectivity index (χ0v) is 10.7. The third kappa shape index (κ3) is 3.82. The van der Waals surface area contributed by atoms with Gasteiger partial charge in [-0.2, -0.15) is 0 Å². The minimum absolute atomic E-state index is 0.400. The van der Waals surface area contributed by atoms with E-state index in [0.717, 1.165) is 19.5 Å². The molecule has 15 heavy (non-hydrogen) atoms. The summed E-state index contributed by atoms with van der Waals surface area (Å²) in [6.45, 7) is 11.7. The molecule has 1 unspecified atom stereocenters. The van der Waals surface area contributed by atoms with Gasteiger partial charge in [-0.25, -0.2) is 0 Å². The SMILES string of the molecule is CCCN(CC)C(C)(CC(C)C)C(=O)O. The summed E-state index contributed by atoms with van der Waals surface area (Å²) in [6.07, 6.45) is 1.70. The van der Waals surface area contributed by atoms with Crippen molar-refractivity contribution in [3.05, 3.63) is 0 Å². The van der Waals surface area contributed by atoms with E-state index in [-0.39, 0.29) is 0 Å². The summed E-state index contributed by atoms with van der Waals surface area (Å²) >= 11 is 0. The number of likely N-dealkylation sites (N-methyl/N-ethyl adjacent to an activating group) is 1. The van der Waals surface area contributed by atoms with Gasteiger partial charge in [-0.1, -0.05) is 27.7 Å². The first-order valence-electron chi connectivity index (χ1n) is 5.86. The Hall–Kier alpha value is -0.570. The maximum absolute atomic E-state index is 11.4. The zero-order chi connectivity index (χ0) is 12.1. The summed E-state index contributed by atoms with van der Waals surface area (Å²) in [7, 11) is 0. The smallest absolute Gasteiger partial charge is 0.323 e. The summed E-state index contributed by atoms with van der Waals surface area (Å²) in [6, 6.07) is 0. The highest BCUT2D eigenvalue weighted by Crippen LogP contribution is 2.24. The van der Waals surface area contributed by atoms with Crippen LogP contribution in [-0.2, 0) is 4.79 Å². The molecule has 0 saturated carbocycles. The minimum atomic E-state index is -0.709. The zero-order valence-electron chi connectivity index (χ0n) is 10.7. The van der Waals surface area contributed by atoms with Crippen molar-refractivity contribution in [2.45, 2.75) is 53.0 Å². The highest BCUT2D eigenvalue weighted by Gasteiger charge is 2.38. The molecule has 0 aromatic carbocycles. The lowest BCUT2D eigenvalue weighted by atomic mass is 9.88. The Morgan fingerprint density at radius 3 is 2.20 bits per heavy atom. The largest absolute Gasteiger partial charge is 0.480 e. The third-order valence-corrected chi connectivity index (χ3v) is 2.84. The lowest BCUT2D eigenvalue weighted by Crippen LogP contribution is -2.53. The van der Waals surface area contributed by atoms with Crippen molar-refractivity contribution in [1.29, 1.82) is 0 Å². The van der Waals surface area contributed by atoms with Crippen LogP contribution in [0, 0.1) is 5.92 Å². The van der Waals surface area contributed by atoms with E-state index in [1.807, 2.05) is 13.8 Å². The molecule has 0 aliphatic carbocycles. The quantitative estimate of drug-likeness (QED) is 0.709. The fraction of sp³-hybridized carbons (Fsp3) is 0.917. The van der Waals surface area contributed by atoms with Crippen molar-refractivity contribution in [3.8, 4) is 0 Å². The summed E-state index contributed by atoms with van der Waals surface area (Å²) in [5.74, 6) is -0.302. The molecule has 1 N–H and O–H groups in total. The molecule has 3 heteroatoms. The fourth-order valence-electron chi connectivity index (χ4n) is 2.17. The molecule has 0 bridgehead atoms. The topological polar surface area (TPSA) is 40.5 Å². The van der Waals surface area contributed by atoms with E-state index in [4.69, 9.17) is 0 Å². The molecule has 0 fully saturated rings. The van der Waals surface area contributed by atoms with Gasteiger partial charge in [0.25, 0.3) is 0 Å². The molecule has 0 saturated heterocycles. The average molecular weight is 215 g/mol. The lowest BCUT2D eigenvalue weighted by Gasteiger charge is -2.38. The van der Waals surface area contributed by atoms with Crippen LogP contribution in [0.1, 0.15) is 47.5 Å². The Kier molecular flexibility index (Phi) is 5.88. The Balaban J connectivity index is 4.80. The minimum Gasteiger partial charge on any atom is -0.480 e. The van der Waals surface area contributed by atoms with Gasteiger partial charge in [0.05, 0.1) is 0 Å². The second-order valence-corrected chi connectivity index (χ2v) is 4.76. The second-order valence-electron chi connectivity index (χ2n) is 4.76. The van der Waals surface area contributed by atoms with Gasteiger partial charge in [0.2, 0.25) is 0 Å². The van der Waals surface area contributed by atoms with Crippen LogP contribution in [0.2, 0.25) is 0 Å². The molecule has 0 aromatic rings. The standard InChI is InChI=1S/C12H25NO2/c1-6-8-13(7-2)12(5,11(14)15)9-10(3)4/h10H,6-9H2,1-5H3,(H,14,15). The molecule has 0 aliphatic rings. The molecule has 0 heterocycles. The van der Waals surface area contributed by atoms with Gasteiger partial charge < -0.3 is 5.11 Å². The van der Waals surface area contributed by atoms with E-state index in [0.29, 0.717) is 12.3 Å². The number of hydrogen-bond donors (Lipinski definition) is 1. The van der Waals surface area contributed by atoms with Crippen LogP contribution >= 0.6 is 0 Å². The van der Waals surface area contributed by atoms with Crippen LogP contribution < -0.4 is 0 Å². The van der Waals surface area contributed by atoms with Gasteiger partial charge in [0.1, 0.15) is 5.54 Å². The van der Waals surface area contributed by atoms with Crippen molar-refractivity contribution in [3.63, 3.8) is 0 Å². The summed E-state index contributed by atoms with van der Waals surface area (Å²) < 4.78 is 0. The number of rotatable bonds is 7. The first kappa shape index (κ1) is 14.4. The second kappa shape index (κ2) is 6.11. The van der Waals surface area contributed by atoms with Crippen LogP contribution in [0.15, 0.2) is 0 Å². The van der Waals surface area contributed by atoms with Crippen molar-refractivity contribution in [2.24, 2.45) is 5.92 Å². The molecule has 0 amide bonds. The van der Waals surface area contributed by atoms with Crippen LogP contribution in [0.5, 0.6) is 0 Å². The number of hydrogen-bond acceptors (Lipinski definition) is 2. The molecule has 3 nitrogen and oxygen atoms in total. The predicted molar refractivity (Wildman–Crippen MR) is 63.0 cm³/mol. The van der Waals surface area contributed by atoms with Crippen molar-refractivity contribution in [1.82, 2.24) is 4.90 Å². The lowest BCUT2D eigenvalue weighted by molar-refractivity contribution is -0.151. The highest BCUT2D eigenvalue weighted by atomic mass is 16.4. The van der Waals surface area contributed by atoms with Crippen molar-refractivity contribution >= 4 is 5.97 Å². The maximum Gasteiger partial charge on any atom is 0.323 e. The van der Waals surface area contributed by atoms with Crippen LogP contribution in [0.3, 0.4) is 0 Å². The Bertz CT molecular complexity index is 204. The molecular weight excluding hydrogens is 190 g/mol. The Labute approximate surface area is 93.5 Å². The molecular formula is C12H25NO2. The van der Waals surface area contributed by atoms with E-state index in [1.54, 1.807) is 0 Å². The first-order chi connectivity index (χ1) is 6.88.